The Bertz CT molecular complexity index is 835. The van der Waals surface area contributed by atoms with Crippen molar-refractivity contribution >= 4 is 11.6 Å². The van der Waals surface area contributed by atoms with Crippen LogP contribution in [0.4, 0.5) is 0 Å². The second-order valence-electron chi connectivity index (χ2n) is 6.16. The SMILES string of the molecule is COc1cccc(OC(CCc2ccc(Cl)cc2)Cn2ccnc2)c1OC. The van der Waals surface area contributed by atoms with Gasteiger partial charge < -0.3 is 18.8 Å². The fourth-order valence-corrected chi connectivity index (χ4v) is 3.05. The minimum absolute atomic E-state index is 0.0594. The van der Waals surface area contributed by atoms with Crippen LogP contribution in [0.2, 0.25) is 5.02 Å². The third-order valence-corrected chi connectivity index (χ3v) is 4.55. The molecule has 2 aromatic carbocycles. The minimum Gasteiger partial charge on any atom is -0.493 e. The average molecular weight is 387 g/mol. The van der Waals surface area contributed by atoms with Crippen LogP contribution in [0, 0.1) is 0 Å². The number of hydrogen-bond donors (Lipinski definition) is 0. The number of ether oxygens (including phenoxy) is 3. The number of imidazole rings is 1. The quantitative estimate of drug-likeness (QED) is 0.537. The van der Waals surface area contributed by atoms with Gasteiger partial charge in [0.1, 0.15) is 6.10 Å². The van der Waals surface area contributed by atoms with Crippen LogP contribution in [-0.2, 0) is 13.0 Å². The second-order valence-corrected chi connectivity index (χ2v) is 6.59. The second kappa shape index (κ2) is 9.33. The summed E-state index contributed by atoms with van der Waals surface area (Å²) in [7, 11) is 3.23. The Morgan fingerprint density at radius 2 is 1.81 bits per heavy atom. The predicted octanol–water partition coefficient (Wildman–Crippen LogP) is 4.63. The van der Waals surface area contributed by atoms with Crippen LogP contribution in [0.5, 0.6) is 17.2 Å². The van der Waals surface area contributed by atoms with E-state index in [1.807, 2.05) is 53.2 Å². The molecular weight excluding hydrogens is 364 g/mol. The molecule has 0 radical (unpaired) electrons. The number of benzene rings is 2. The first kappa shape index (κ1) is 19.1. The van der Waals surface area contributed by atoms with E-state index in [1.54, 1.807) is 26.7 Å². The van der Waals surface area contributed by atoms with Crippen LogP contribution in [0.15, 0.2) is 61.2 Å². The zero-order valence-electron chi connectivity index (χ0n) is 15.5. The van der Waals surface area contributed by atoms with Crippen molar-refractivity contribution in [3.8, 4) is 17.2 Å². The summed E-state index contributed by atoms with van der Waals surface area (Å²) in [6, 6.07) is 13.5. The molecule has 0 amide bonds. The minimum atomic E-state index is -0.0594. The molecule has 0 spiro atoms. The van der Waals surface area contributed by atoms with Gasteiger partial charge in [-0.1, -0.05) is 29.8 Å². The highest BCUT2D eigenvalue weighted by Gasteiger charge is 2.17. The lowest BCUT2D eigenvalue weighted by molar-refractivity contribution is 0.162. The lowest BCUT2D eigenvalue weighted by Gasteiger charge is -2.22. The van der Waals surface area contributed by atoms with Gasteiger partial charge in [-0.2, -0.15) is 0 Å². The molecule has 0 saturated carbocycles. The Morgan fingerprint density at radius 3 is 2.48 bits per heavy atom. The van der Waals surface area contributed by atoms with Gasteiger partial charge in [0.25, 0.3) is 0 Å². The highest BCUT2D eigenvalue weighted by atomic mass is 35.5. The number of halogens is 1. The van der Waals surface area contributed by atoms with Crippen LogP contribution < -0.4 is 14.2 Å². The maximum Gasteiger partial charge on any atom is 0.203 e. The van der Waals surface area contributed by atoms with Gasteiger partial charge in [0.2, 0.25) is 5.75 Å². The molecule has 142 valence electrons. The molecule has 0 N–H and O–H groups in total. The molecule has 0 aliphatic carbocycles. The van der Waals surface area contributed by atoms with Crippen molar-refractivity contribution in [1.29, 1.82) is 0 Å². The van der Waals surface area contributed by atoms with Crippen molar-refractivity contribution < 1.29 is 14.2 Å². The van der Waals surface area contributed by atoms with E-state index in [2.05, 4.69) is 4.98 Å². The lowest BCUT2D eigenvalue weighted by atomic mass is 10.1. The maximum atomic E-state index is 6.32. The molecular formula is C21H23ClN2O3. The van der Waals surface area contributed by atoms with Gasteiger partial charge >= 0.3 is 0 Å². The summed E-state index contributed by atoms with van der Waals surface area (Å²) in [5, 5.41) is 0.742. The maximum absolute atomic E-state index is 6.32. The smallest absolute Gasteiger partial charge is 0.203 e. The van der Waals surface area contributed by atoms with Crippen LogP contribution in [0.25, 0.3) is 0 Å². The van der Waals surface area contributed by atoms with Gasteiger partial charge in [-0.05, 0) is 42.7 Å². The monoisotopic (exact) mass is 386 g/mol. The van der Waals surface area contributed by atoms with E-state index in [9.17, 15) is 0 Å². The molecule has 1 heterocycles. The number of para-hydroxylation sites is 1. The molecule has 1 atom stereocenters. The normalized spacial score (nSPS) is 11.8. The van der Waals surface area contributed by atoms with E-state index in [0.29, 0.717) is 23.8 Å². The summed E-state index contributed by atoms with van der Waals surface area (Å²) in [6.45, 7) is 0.688. The number of aryl methyl sites for hydroxylation is 1. The first-order chi connectivity index (χ1) is 13.2. The standard InChI is InChI=1S/C21H23ClN2O3/c1-25-19-4-3-5-20(21(19)26-2)27-18(14-24-13-12-23-15-24)11-8-16-6-9-17(22)10-7-16/h3-7,9-10,12-13,15,18H,8,11,14H2,1-2H3. The molecule has 1 aromatic heterocycles. The molecule has 5 nitrogen and oxygen atoms in total. The fourth-order valence-electron chi connectivity index (χ4n) is 2.93. The molecule has 27 heavy (non-hydrogen) atoms. The molecule has 3 aromatic rings. The van der Waals surface area contributed by atoms with Crippen molar-refractivity contribution in [2.75, 3.05) is 14.2 Å². The van der Waals surface area contributed by atoms with Gasteiger partial charge in [0.15, 0.2) is 11.5 Å². The molecule has 0 saturated heterocycles. The van der Waals surface area contributed by atoms with Crippen LogP contribution in [-0.4, -0.2) is 29.9 Å². The van der Waals surface area contributed by atoms with Gasteiger partial charge in [-0.3, -0.25) is 0 Å². The summed E-state index contributed by atoms with van der Waals surface area (Å²) in [5.41, 5.74) is 1.22. The summed E-state index contributed by atoms with van der Waals surface area (Å²) in [6.07, 6.45) is 7.14. The summed E-state index contributed by atoms with van der Waals surface area (Å²) in [4.78, 5) is 4.12. The van der Waals surface area contributed by atoms with E-state index in [4.69, 9.17) is 25.8 Å². The van der Waals surface area contributed by atoms with Crippen molar-refractivity contribution in [2.45, 2.75) is 25.5 Å². The number of methoxy groups -OCH3 is 2. The van der Waals surface area contributed by atoms with Crippen molar-refractivity contribution in [1.82, 2.24) is 9.55 Å². The van der Waals surface area contributed by atoms with E-state index in [0.717, 1.165) is 17.9 Å². The highest BCUT2D eigenvalue weighted by molar-refractivity contribution is 6.30. The Labute approximate surface area is 164 Å². The summed E-state index contributed by atoms with van der Waals surface area (Å²) < 4.78 is 19.2. The Kier molecular flexibility index (Phi) is 6.60. The molecule has 3 rings (SSSR count). The van der Waals surface area contributed by atoms with E-state index >= 15 is 0 Å². The molecule has 6 heteroatoms. The van der Waals surface area contributed by atoms with Gasteiger partial charge in [0, 0.05) is 17.4 Å². The summed E-state index contributed by atoms with van der Waals surface area (Å²) in [5.74, 6) is 1.91. The molecule has 0 fully saturated rings. The number of aromatic nitrogens is 2. The van der Waals surface area contributed by atoms with Crippen LogP contribution in [0.1, 0.15) is 12.0 Å². The number of rotatable bonds is 9. The fraction of sp³-hybridized carbons (Fsp3) is 0.286. The Hall–Kier alpha value is -2.66. The first-order valence-corrected chi connectivity index (χ1v) is 9.15. The Morgan fingerprint density at radius 1 is 1.04 bits per heavy atom. The largest absolute Gasteiger partial charge is 0.493 e. The third kappa shape index (κ3) is 5.17. The van der Waals surface area contributed by atoms with E-state index in [1.165, 1.54) is 5.56 Å². The molecule has 0 aliphatic rings. The average Bonchev–Trinajstić information content (AvgIpc) is 3.20. The van der Waals surface area contributed by atoms with Gasteiger partial charge in [0.05, 0.1) is 27.1 Å². The topological polar surface area (TPSA) is 45.5 Å². The molecule has 1 unspecified atom stereocenters. The van der Waals surface area contributed by atoms with E-state index in [-0.39, 0.29) is 6.10 Å². The number of nitrogens with zero attached hydrogens (tertiary/aromatic N) is 2. The zero-order chi connectivity index (χ0) is 19.1. The van der Waals surface area contributed by atoms with Crippen molar-refractivity contribution in [3.63, 3.8) is 0 Å². The van der Waals surface area contributed by atoms with Crippen molar-refractivity contribution in [3.05, 3.63) is 71.8 Å². The van der Waals surface area contributed by atoms with Crippen molar-refractivity contribution in [2.24, 2.45) is 0 Å². The van der Waals surface area contributed by atoms with E-state index < -0.39 is 0 Å². The number of hydrogen-bond acceptors (Lipinski definition) is 4. The molecule has 0 aliphatic heterocycles. The van der Waals surface area contributed by atoms with Gasteiger partial charge in [-0.15, -0.1) is 0 Å². The lowest BCUT2D eigenvalue weighted by Crippen LogP contribution is -2.24. The Balaban J connectivity index is 1.76. The van der Waals surface area contributed by atoms with Crippen LogP contribution >= 0.6 is 11.6 Å². The third-order valence-electron chi connectivity index (χ3n) is 4.30. The van der Waals surface area contributed by atoms with Gasteiger partial charge in [-0.25, -0.2) is 4.98 Å². The predicted molar refractivity (Wildman–Crippen MR) is 106 cm³/mol. The van der Waals surface area contributed by atoms with Crippen LogP contribution in [0.3, 0.4) is 0 Å². The highest BCUT2D eigenvalue weighted by Crippen LogP contribution is 2.37. The molecule has 0 bridgehead atoms. The summed E-state index contributed by atoms with van der Waals surface area (Å²) >= 11 is 5.98. The first-order valence-electron chi connectivity index (χ1n) is 8.77. The zero-order valence-corrected chi connectivity index (χ0v) is 16.2.